The number of aromatic hydroxyl groups is 1. The summed E-state index contributed by atoms with van der Waals surface area (Å²) in [5.74, 6) is 5.89. The molecule has 6 aromatic carbocycles. The first-order valence-corrected chi connectivity index (χ1v) is 51.6. The van der Waals surface area contributed by atoms with Crippen LogP contribution in [0.2, 0.25) is 65.0 Å². The summed E-state index contributed by atoms with van der Waals surface area (Å²) >= 11 is 0. The highest BCUT2D eigenvalue weighted by atomic mass is 28.5. The van der Waals surface area contributed by atoms with Crippen molar-refractivity contribution >= 4 is 33.8 Å². The highest BCUT2D eigenvalue weighted by molar-refractivity contribution is 6.90. The van der Waals surface area contributed by atoms with Crippen LogP contribution in [0.15, 0.2) is 146 Å². The van der Waals surface area contributed by atoms with Crippen LogP contribution in [0.25, 0.3) is 0 Å². The molecule has 0 spiro atoms. The van der Waals surface area contributed by atoms with E-state index in [4.69, 9.17) is 50.2 Å². The van der Waals surface area contributed by atoms with Gasteiger partial charge in [-0.1, -0.05) is 133 Å². The highest BCUT2D eigenvalue weighted by Crippen LogP contribution is 2.46. The second kappa shape index (κ2) is 39.3. The second-order valence-corrected chi connectivity index (χ2v) is 51.9. The fourth-order valence-corrected chi connectivity index (χ4v) is 29.1. The average Bonchev–Trinajstić information content (AvgIpc) is 0.818. The average molecular weight is 1500 g/mol. The van der Waals surface area contributed by atoms with Crippen LogP contribution in [0.4, 0.5) is 0 Å². The molecule has 6 aromatic rings. The van der Waals surface area contributed by atoms with Gasteiger partial charge in [0.05, 0.1) is 25.4 Å². The highest BCUT2D eigenvalue weighted by Gasteiger charge is 2.49. The third kappa shape index (κ3) is 30.2. The van der Waals surface area contributed by atoms with Gasteiger partial charge in [0.2, 0.25) is 0 Å². The maximum atomic E-state index is 10.4. The molecule has 1 saturated carbocycles. The van der Waals surface area contributed by atoms with Crippen LogP contribution in [0, 0.1) is 11.8 Å². The van der Waals surface area contributed by atoms with Gasteiger partial charge in [-0.3, -0.25) is 0 Å². The Morgan fingerprint density at radius 2 is 0.712 bits per heavy atom. The Morgan fingerprint density at radius 1 is 0.385 bits per heavy atom. The Balaban J connectivity index is 1.14. The van der Waals surface area contributed by atoms with Crippen molar-refractivity contribution in [2.45, 2.75) is 304 Å². The standard InChI is InChI=1S/C88H136O12Si4/c1-24-63(3)72-35-47-83(48-36-72)94-66(6)91-61-69-27-29-70(30-28-69)62-92-67(7)95-85-51-39-76(40-52-85)79(58-71(25-2)74-31-43-81(44-32-74)87(9,10)11)60-80(59-78(57-64(4)73-33-45-82(89)46-34-73)75-37-53-86(54-38-75)96-68(8)97-88(12,13)14)77-41-49-84(50-42-77)93-65(5)90-55-26-56-104(98-101(15,16)17,99-102(18,19)20)100-103(21,22)23/h31-54,63-71,78-80,89H,24-30,55-62H2,1-23H3. The smallest absolute Gasteiger partial charge is 0.469 e. The quantitative estimate of drug-likeness (QED) is 0.0223. The van der Waals surface area contributed by atoms with E-state index in [0.717, 1.165) is 93.6 Å². The molecule has 0 bridgehead atoms. The molecule has 1 N–H and O–H groups in total. The van der Waals surface area contributed by atoms with Gasteiger partial charge in [-0.25, -0.2) is 0 Å². The summed E-state index contributed by atoms with van der Waals surface area (Å²) in [6.45, 7) is 52.0. The summed E-state index contributed by atoms with van der Waals surface area (Å²) in [4.78, 5) is 0. The van der Waals surface area contributed by atoms with E-state index in [9.17, 15) is 5.11 Å². The summed E-state index contributed by atoms with van der Waals surface area (Å²) < 4.78 is 72.1. The number of rotatable bonds is 42. The SMILES string of the molecule is CCC(C)c1ccc(OC(C)OCC2CCC(COC(C)Oc3ccc(C(CC(CC)c4ccc(C(C)(C)C)cc4)CC(CC(CC(C)c4ccc(O)cc4)c4ccc(OC(C)OC(C)(C)C)cc4)c4ccc(OC(C)OCCC[Si](O[Si](C)(C)C)(O[Si](C)(C)C)O[Si](C)(C)C)cc4)cc3)CC2)cc1. The van der Waals surface area contributed by atoms with Crippen molar-refractivity contribution in [2.75, 3.05) is 19.8 Å². The monoisotopic (exact) mass is 1500 g/mol. The molecule has 16 heteroatoms. The Hall–Kier alpha value is -5.09. The minimum atomic E-state index is -3.02. The predicted molar refractivity (Wildman–Crippen MR) is 439 cm³/mol. The van der Waals surface area contributed by atoms with Gasteiger partial charge in [0.15, 0.2) is 50.1 Å². The second-order valence-electron chi connectivity index (χ2n) is 34.9. The molecule has 0 aromatic heterocycles. The van der Waals surface area contributed by atoms with Crippen LogP contribution in [-0.4, -0.2) is 89.4 Å². The van der Waals surface area contributed by atoms with Gasteiger partial charge in [0, 0.05) is 6.04 Å². The normalized spacial score (nSPS) is 18.0. The van der Waals surface area contributed by atoms with Gasteiger partial charge in [-0.2, -0.15) is 0 Å². The maximum Gasteiger partial charge on any atom is 0.469 e. The third-order valence-electron chi connectivity index (χ3n) is 19.9. The predicted octanol–water partition coefficient (Wildman–Crippen LogP) is 24.6. The van der Waals surface area contributed by atoms with E-state index in [0.29, 0.717) is 49.5 Å². The van der Waals surface area contributed by atoms with Crippen molar-refractivity contribution in [1.29, 1.82) is 0 Å². The first-order chi connectivity index (χ1) is 48.8. The minimum absolute atomic E-state index is 0.0478. The van der Waals surface area contributed by atoms with E-state index in [1.807, 2.05) is 60.6 Å². The molecule has 7 rings (SSSR count). The van der Waals surface area contributed by atoms with Crippen LogP contribution in [0.5, 0.6) is 28.7 Å². The summed E-state index contributed by atoms with van der Waals surface area (Å²) in [5, 5.41) is 10.4. The zero-order valence-electron chi connectivity index (χ0n) is 68.3. The van der Waals surface area contributed by atoms with Crippen molar-refractivity contribution < 1.29 is 55.3 Å². The number of phenols is 1. The Morgan fingerprint density at radius 3 is 1.08 bits per heavy atom. The van der Waals surface area contributed by atoms with Gasteiger partial charge in [-0.15, -0.1) is 0 Å². The van der Waals surface area contributed by atoms with Crippen LogP contribution in [0.3, 0.4) is 0 Å². The molecule has 576 valence electrons. The summed E-state index contributed by atoms with van der Waals surface area (Å²) in [7, 11) is -9.09. The molecule has 104 heavy (non-hydrogen) atoms. The molecule has 10 unspecified atom stereocenters. The molecule has 1 fully saturated rings. The topological polar surface area (TPSA) is 122 Å². The largest absolute Gasteiger partial charge is 0.508 e. The molecule has 0 amide bonds. The number of phenolic OH excluding ortho intramolecular Hbond substituents is 1. The molecule has 1 aliphatic rings. The van der Waals surface area contributed by atoms with Crippen molar-refractivity contribution in [1.82, 2.24) is 0 Å². The lowest BCUT2D eigenvalue weighted by Gasteiger charge is -2.43. The van der Waals surface area contributed by atoms with Crippen molar-refractivity contribution in [3.05, 3.63) is 185 Å². The van der Waals surface area contributed by atoms with Crippen molar-refractivity contribution in [3.63, 3.8) is 0 Å². The van der Waals surface area contributed by atoms with E-state index in [2.05, 4.69) is 241 Å². The van der Waals surface area contributed by atoms with Crippen LogP contribution < -0.4 is 18.9 Å². The molecule has 0 aliphatic heterocycles. The molecule has 0 radical (unpaired) electrons. The van der Waals surface area contributed by atoms with Crippen LogP contribution >= 0.6 is 0 Å². The number of ether oxygens (including phenoxy) is 8. The molecule has 10 atom stereocenters. The summed E-state index contributed by atoms with van der Waals surface area (Å²) in [6.07, 6.45) is 9.28. The lowest BCUT2D eigenvalue weighted by Crippen LogP contribution is -2.60. The molecule has 12 nitrogen and oxygen atoms in total. The van der Waals surface area contributed by atoms with E-state index >= 15 is 0 Å². The Labute approximate surface area is 634 Å². The van der Waals surface area contributed by atoms with E-state index in [1.54, 1.807) is 0 Å². The van der Waals surface area contributed by atoms with Crippen LogP contribution in [0.1, 0.15) is 242 Å². The number of hydrogen-bond acceptors (Lipinski definition) is 12. The zero-order valence-corrected chi connectivity index (χ0v) is 72.3. The molecule has 1 aliphatic carbocycles. The summed E-state index contributed by atoms with van der Waals surface area (Å²) in [5.41, 5.74) is 8.74. The third-order valence-corrected chi connectivity index (χ3v) is 31.9. The van der Waals surface area contributed by atoms with Crippen LogP contribution in [-0.2, 0) is 36.7 Å². The van der Waals surface area contributed by atoms with E-state index in [1.165, 1.54) is 38.9 Å². The Kier molecular flexibility index (Phi) is 32.6. The first kappa shape index (κ1) is 86.1. The molecular formula is C88H136O12Si4. The lowest BCUT2D eigenvalue weighted by atomic mass is 9.73. The van der Waals surface area contributed by atoms with Gasteiger partial charge >= 0.3 is 8.80 Å². The lowest BCUT2D eigenvalue weighted by molar-refractivity contribution is -0.140. The maximum absolute atomic E-state index is 10.4. The van der Waals surface area contributed by atoms with Gasteiger partial charge < -0.3 is 55.3 Å². The number of hydrogen-bond donors (Lipinski definition) is 1. The first-order valence-electron chi connectivity index (χ1n) is 39.4. The van der Waals surface area contributed by atoms with Crippen molar-refractivity contribution in [3.8, 4) is 28.7 Å². The van der Waals surface area contributed by atoms with E-state index < -0.39 is 52.6 Å². The molecule has 0 heterocycles. The summed E-state index contributed by atoms with van der Waals surface area (Å²) in [6, 6.07) is 52.9. The van der Waals surface area contributed by atoms with E-state index in [-0.39, 0.29) is 46.7 Å². The molecule has 0 saturated heterocycles. The Bertz CT molecular complexity index is 3360. The minimum Gasteiger partial charge on any atom is -0.508 e. The number of benzene rings is 6. The van der Waals surface area contributed by atoms with Gasteiger partial charge in [0.25, 0.3) is 0 Å². The van der Waals surface area contributed by atoms with Gasteiger partial charge in [0.1, 0.15) is 28.7 Å². The molecular weight excluding hydrogens is 1360 g/mol. The van der Waals surface area contributed by atoms with Gasteiger partial charge in [-0.05, 0) is 330 Å². The fourth-order valence-electron chi connectivity index (χ4n) is 14.5. The van der Waals surface area contributed by atoms with Crippen molar-refractivity contribution in [2.24, 2.45) is 11.8 Å². The fraction of sp³-hybridized carbons (Fsp3) is 0.591. The zero-order chi connectivity index (χ0) is 76.2.